The number of nitrogens with zero attached hydrogens (tertiary/aromatic N) is 5. The normalized spacial score (nSPS) is 11.5. The van der Waals surface area contributed by atoms with E-state index in [0.717, 1.165) is 23.3 Å². The number of H-pyrrole nitrogens is 1. The highest BCUT2D eigenvalue weighted by molar-refractivity contribution is 6.05. The lowest BCUT2D eigenvalue weighted by Crippen LogP contribution is -2.14. The number of imidazole rings is 1. The number of rotatable bonds is 6. The number of anilines is 3. The summed E-state index contributed by atoms with van der Waals surface area (Å²) in [4.78, 5) is 33.9. The number of pyridine rings is 1. The lowest BCUT2D eigenvalue weighted by atomic mass is 10.1. The number of hydrogen-bond donors (Lipinski definition) is 3. The molecule has 6 rings (SSSR count). The Hall–Kier alpha value is -5.52. The predicted octanol–water partition coefficient (Wildman–Crippen LogP) is 6.84. The van der Waals surface area contributed by atoms with Crippen molar-refractivity contribution in [2.24, 2.45) is 0 Å². The lowest BCUT2D eigenvalue weighted by Gasteiger charge is -2.15. The highest BCUT2D eigenvalue weighted by Crippen LogP contribution is 2.34. The van der Waals surface area contributed by atoms with Crippen LogP contribution in [-0.2, 0) is 6.18 Å². The van der Waals surface area contributed by atoms with Gasteiger partial charge in [0, 0.05) is 53.0 Å². The van der Waals surface area contributed by atoms with E-state index in [4.69, 9.17) is 0 Å². The van der Waals surface area contributed by atoms with Gasteiger partial charge < -0.3 is 20.2 Å². The molecule has 0 aliphatic rings. The smallest absolute Gasteiger partial charge is 0.357 e. The third kappa shape index (κ3) is 5.42. The van der Waals surface area contributed by atoms with E-state index in [-0.39, 0.29) is 16.9 Å². The minimum atomic E-state index is -4.61. The average Bonchev–Trinajstić information content (AvgIpc) is 3.63. The van der Waals surface area contributed by atoms with Crippen molar-refractivity contribution in [1.82, 2.24) is 29.5 Å². The topological polar surface area (TPSA) is 113 Å². The lowest BCUT2D eigenvalue weighted by molar-refractivity contribution is -0.137. The molecule has 9 nitrogen and oxygen atoms in total. The summed E-state index contributed by atoms with van der Waals surface area (Å²) in [6, 6.07) is 13.8. The largest absolute Gasteiger partial charge is 0.416 e. The quantitative estimate of drug-likeness (QED) is 0.203. The van der Waals surface area contributed by atoms with E-state index in [1.54, 1.807) is 56.0 Å². The summed E-state index contributed by atoms with van der Waals surface area (Å²) in [7, 11) is 0. The fraction of sp³-hybridized carbons (Fsp3) is 0.100. The zero-order chi connectivity index (χ0) is 29.4. The third-order valence-corrected chi connectivity index (χ3v) is 6.59. The van der Waals surface area contributed by atoms with E-state index in [0.29, 0.717) is 34.1 Å². The standard InChI is InChI=1S/C30H23F3N8O/c1-17-5-6-19(29(42)37-22-11-21(30(31,32)33)12-23(13-22)41-15-18(2)36-16-41)10-25(17)39-28-26-24(7-9-35-26)38-27(40-28)20-4-3-8-34-14-20/h3-16,35H,1-2H3,(H,37,42)(H,38,39,40). The summed E-state index contributed by atoms with van der Waals surface area (Å²) in [6.07, 6.45) is 3.50. The zero-order valence-corrected chi connectivity index (χ0v) is 22.4. The number of carbonyl (C=O) groups excluding carboxylic acids is 1. The summed E-state index contributed by atoms with van der Waals surface area (Å²) in [6.45, 7) is 3.60. The first kappa shape index (κ1) is 26.7. The van der Waals surface area contributed by atoms with Crippen molar-refractivity contribution in [3.8, 4) is 17.1 Å². The number of alkyl halides is 3. The molecule has 4 aromatic heterocycles. The Labute approximate surface area is 237 Å². The maximum Gasteiger partial charge on any atom is 0.416 e. The van der Waals surface area contributed by atoms with Gasteiger partial charge in [-0.15, -0.1) is 0 Å². The van der Waals surface area contributed by atoms with Gasteiger partial charge >= 0.3 is 6.18 Å². The second-order valence-electron chi connectivity index (χ2n) is 9.67. The number of nitrogens with one attached hydrogen (secondary N) is 3. The van der Waals surface area contributed by atoms with Crippen LogP contribution in [0.2, 0.25) is 0 Å². The molecular weight excluding hydrogens is 545 g/mol. The first-order chi connectivity index (χ1) is 20.1. The number of aryl methyl sites for hydroxylation is 2. The van der Waals surface area contributed by atoms with E-state index >= 15 is 0 Å². The van der Waals surface area contributed by atoms with Crippen LogP contribution in [0.15, 0.2) is 85.7 Å². The van der Waals surface area contributed by atoms with Crippen LogP contribution in [0.1, 0.15) is 27.2 Å². The first-order valence-corrected chi connectivity index (χ1v) is 12.8. The molecule has 6 aromatic rings. The van der Waals surface area contributed by atoms with Gasteiger partial charge in [0.05, 0.1) is 23.1 Å². The molecule has 3 N–H and O–H groups in total. The van der Waals surface area contributed by atoms with E-state index in [2.05, 4.69) is 35.6 Å². The molecule has 210 valence electrons. The molecule has 0 bridgehead atoms. The van der Waals surface area contributed by atoms with Gasteiger partial charge in [-0.25, -0.2) is 15.0 Å². The molecule has 0 saturated heterocycles. The monoisotopic (exact) mass is 568 g/mol. The molecule has 0 fully saturated rings. The molecule has 0 spiro atoms. The number of fused-ring (bicyclic) bond motifs is 1. The highest BCUT2D eigenvalue weighted by Gasteiger charge is 2.31. The molecule has 0 aliphatic carbocycles. The molecule has 1 amide bonds. The SMILES string of the molecule is Cc1cn(-c2cc(NC(=O)c3ccc(C)c(Nc4nc(-c5cccnc5)nc5cc[nH]c45)c3)cc(C(F)(F)F)c2)cn1. The molecule has 42 heavy (non-hydrogen) atoms. The Kier molecular flexibility index (Phi) is 6.65. The molecule has 2 aromatic carbocycles. The number of aromatic nitrogens is 6. The number of halogens is 3. The van der Waals surface area contributed by atoms with Crippen LogP contribution in [-0.4, -0.2) is 35.4 Å². The molecule has 0 unspecified atom stereocenters. The minimum Gasteiger partial charge on any atom is -0.357 e. The summed E-state index contributed by atoms with van der Waals surface area (Å²) in [5.74, 6) is 0.384. The fourth-order valence-electron chi connectivity index (χ4n) is 4.45. The van der Waals surface area contributed by atoms with E-state index < -0.39 is 17.6 Å². The Morgan fingerprint density at radius 3 is 2.62 bits per heavy atom. The Bertz CT molecular complexity index is 1930. The second kappa shape index (κ2) is 10.5. The van der Waals surface area contributed by atoms with Crippen molar-refractivity contribution < 1.29 is 18.0 Å². The van der Waals surface area contributed by atoms with Gasteiger partial charge in [-0.3, -0.25) is 9.78 Å². The summed E-state index contributed by atoms with van der Waals surface area (Å²) in [5, 5.41) is 5.91. The van der Waals surface area contributed by atoms with Gasteiger partial charge in [-0.05, 0) is 67.9 Å². The van der Waals surface area contributed by atoms with Gasteiger partial charge in [-0.1, -0.05) is 6.07 Å². The van der Waals surface area contributed by atoms with Crippen LogP contribution < -0.4 is 10.6 Å². The van der Waals surface area contributed by atoms with Crippen LogP contribution in [0.5, 0.6) is 0 Å². The number of benzene rings is 2. The van der Waals surface area contributed by atoms with Crippen LogP contribution in [0.25, 0.3) is 28.1 Å². The van der Waals surface area contributed by atoms with Crippen molar-refractivity contribution in [3.05, 3.63) is 108 Å². The minimum absolute atomic E-state index is 0.00345. The summed E-state index contributed by atoms with van der Waals surface area (Å²) < 4.78 is 42.6. The van der Waals surface area contributed by atoms with E-state index in [1.165, 1.54) is 17.0 Å². The summed E-state index contributed by atoms with van der Waals surface area (Å²) in [5.41, 5.74) is 3.71. The maximum absolute atomic E-state index is 13.7. The van der Waals surface area contributed by atoms with Gasteiger partial charge in [0.25, 0.3) is 5.91 Å². The van der Waals surface area contributed by atoms with E-state index in [1.807, 2.05) is 19.1 Å². The van der Waals surface area contributed by atoms with E-state index in [9.17, 15) is 18.0 Å². The van der Waals surface area contributed by atoms with Crippen molar-refractivity contribution in [1.29, 1.82) is 0 Å². The number of carbonyl (C=O) groups is 1. The molecule has 0 atom stereocenters. The van der Waals surface area contributed by atoms with Crippen molar-refractivity contribution in [2.45, 2.75) is 20.0 Å². The molecule has 0 saturated carbocycles. The molecule has 12 heteroatoms. The average molecular weight is 569 g/mol. The zero-order valence-electron chi connectivity index (χ0n) is 22.4. The van der Waals surface area contributed by atoms with Crippen molar-refractivity contribution in [2.75, 3.05) is 10.6 Å². The van der Waals surface area contributed by atoms with Crippen LogP contribution >= 0.6 is 0 Å². The number of aromatic amines is 1. The second-order valence-corrected chi connectivity index (χ2v) is 9.67. The molecular formula is C30H23F3N8O. The Morgan fingerprint density at radius 1 is 1.02 bits per heavy atom. The molecule has 4 heterocycles. The molecule has 0 aliphatic heterocycles. The van der Waals surface area contributed by atoms with Gasteiger partial charge in [0.2, 0.25) is 0 Å². The summed E-state index contributed by atoms with van der Waals surface area (Å²) >= 11 is 0. The Morgan fingerprint density at radius 2 is 1.88 bits per heavy atom. The Balaban J connectivity index is 1.32. The van der Waals surface area contributed by atoms with Gasteiger partial charge in [0.15, 0.2) is 11.6 Å². The van der Waals surface area contributed by atoms with Crippen molar-refractivity contribution >= 4 is 34.1 Å². The highest BCUT2D eigenvalue weighted by atomic mass is 19.4. The van der Waals surface area contributed by atoms with Gasteiger partial charge in [0.1, 0.15) is 5.52 Å². The van der Waals surface area contributed by atoms with Gasteiger partial charge in [-0.2, -0.15) is 13.2 Å². The maximum atomic E-state index is 13.7. The van der Waals surface area contributed by atoms with Crippen molar-refractivity contribution in [3.63, 3.8) is 0 Å². The van der Waals surface area contributed by atoms with Crippen LogP contribution in [0, 0.1) is 13.8 Å². The third-order valence-electron chi connectivity index (χ3n) is 6.59. The molecule has 0 radical (unpaired) electrons. The van der Waals surface area contributed by atoms with Crippen LogP contribution in [0.4, 0.5) is 30.4 Å². The fourth-order valence-corrected chi connectivity index (χ4v) is 4.45. The van der Waals surface area contributed by atoms with Crippen LogP contribution in [0.3, 0.4) is 0 Å². The predicted molar refractivity (Wildman–Crippen MR) is 153 cm³/mol. The number of hydrogen-bond acceptors (Lipinski definition) is 6. The number of amides is 1. The first-order valence-electron chi connectivity index (χ1n) is 12.8.